The van der Waals surface area contributed by atoms with Crippen molar-refractivity contribution in [3.8, 4) is 17.6 Å². The molecule has 178 valence electrons. The Balaban J connectivity index is 2.06. The third kappa shape index (κ3) is 5.17. The number of hydrogen-bond donors (Lipinski definition) is 0. The maximum Gasteiger partial charge on any atom is 0.342 e. The fraction of sp³-hybridized carbons (Fsp3) is 0.167. The first-order chi connectivity index (χ1) is 15.3. The van der Waals surface area contributed by atoms with Gasteiger partial charge in [0.25, 0.3) is 0 Å². The molecule has 0 saturated heterocycles. The van der Waals surface area contributed by atoms with Gasteiger partial charge in [0, 0.05) is 0 Å². The summed E-state index contributed by atoms with van der Waals surface area (Å²) in [5.74, 6) is -16.7. The van der Waals surface area contributed by atoms with E-state index in [0.29, 0.717) is 0 Å². The van der Waals surface area contributed by atoms with Gasteiger partial charge in [0.15, 0.2) is 52.2 Å². The Labute approximate surface area is 179 Å². The monoisotopic (exact) mass is 504 g/mol. The summed E-state index contributed by atoms with van der Waals surface area (Å²) in [5.41, 5.74) is -1.06. The molecule has 33 heavy (non-hydrogen) atoms. The second kappa shape index (κ2) is 10.0. The zero-order valence-electron chi connectivity index (χ0n) is 15.9. The molecule has 0 bridgehead atoms. The summed E-state index contributed by atoms with van der Waals surface area (Å²) in [6, 6.07) is 0.183. The van der Waals surface area contributed by atoms with E-state index in [-0.39, 0.29) is 6.07 Å². The van der Waals surface area contributed by atoms with Gasteiger partial charge in [-0.05, 0) is 6.07 Å². The normalized spacial score (nSPS) is 11.1. The van der Waals surface area contributed by atoms with Crippen molar-refractivity contribution in [3.05, 3.63) is 58.2 Å². The first-order valence-electron chi connectivity index (χ1n) is 8.10. The Bertz CT molecular complexity index is 1250. The van der Waals surface area contributed by atoms with Crippen molar-refractivity contribution in [2.45, 2.75) is 4.90 Å². The van der Waals surface area contributed by atoms with E-state index in [4.69, 9.17) is 0 Å². The standard InChI is InChI=1S/C18H8F8O6S/c1-30-16-9(20)7(6-8(19)10(16)21)18(27)31-4-2-3-5-32-33(28,29)17-14(25)12(23)11(22)13(24)15(17)26/h6H,4-5H2,1H3. The first kappa shape index (κ1) is 25.9. The highest BCUT2D eigenvalue weighted by atomic mass is 32.2. The van der Waals surface area contributed by atoms with Gasteiger partial charge in [-0.25, -0.2) is 35.5 Å². The van der Waals surface area contributed by atoms with Crippen LogP contribution in [-0.2, 0) is 19.0 Å². The van der Waals surface area contributed by atoms with Crippen LogP contribution in [0.4, 0.5) is 35.1 Å². The maximum atomic E-state index is 13.9. The van der Waals surface area contributed by atoms with Crippen LogP contribution < -0.4 is 4.74 Å². The molecule has 0 spiro atoms. The van der Waals surface area contributed by atoms with Crippen LogP contribution in [0.5, 0.6) is 5.75 Å². The van der Waals surface area contributed by atoms with Crippen LogP contribution in [0.15, 0.2) is 11.0 Å². The van der Waals surface area contributed by atoms with Crippen LogP contribution in [0, 0.1) is 58.4 Å². The molecular weight excluding hydrogens is 496 g/mol. The number of carbonyl (C=O) groups excluding carboxylic acids is 1. The molecule has 2 aromatic carbocycles. The lowest BCUT2D eigenvalue weighted by molar-refractivity contribution is 0.0549. The number of hydrogen-bond acceptors (Lipinski definition) is 6. The molecule has 0 unspecified atom stereocenters. The molecule has 0 aliphatic rings. The van der Waals surface area contributed by atoms with Gasteiger partial charge < -0.3 is 9.47 Å². The lowest BCUT2D eigenvalue weighted by Crippen LogP contribution is -2.15. The van der Waals surface area contributed by atoms with Crippen LogP contribution in [0.25, 0.3) is 0 Å². The van der Waals surface area contributed by atoms with Crippen molar-refractivity contribution < 1.29 is 62.0 Å². The minimum absolute atomic E-state index is 0.183. The van der Waals surface area contributed by atoms with E-state index in [9.17, 15) is 48.3 Å². The third-order valence-corrected chi connectivity index (χ3v) is 4.93. The quantitative estimate of drug-likeness (QED) is 0.150. The molecule has 0 atom stereocenters. The molecule has 0 amide bonds. The number of carbonyl (C=O) groups is 1. The van der Waals surface area contributed by atoms with Gasteiger partial charge in [-0.15, -0.1) is 0 Å². The Morgan fingerprint density at radius 2 is 1.33 bits per heavy atom. The summed E-state index contributed by atoms with van der Waals surface area (Å²) in [7, 11) is -4.69. The van der Waals surface area contributed by atoms with Crippen LogP contribution in [-0.4, -0.2) is 34.7 Å². The molecule has 0 aromatic heterocycles. The summed E-state index contributed by atoms with van der Waals surface area (Å²) in [6.45, 7) is -2.07. The highest BCUT2D eigenvalue weighted by Gasteiger charge is 2.34. The second-order valence-corrected chi connectivity index (χ2v) is 7.16. The van der Waals surface area contributed by atoms with E-state index < -0.39 is 92.0 Å². The molecule has 2 aromatic rings. The van der Waals surface area contributed by atoms with Crippen molar-refractivity contribution in [3.63, 3.8) is 0 Å². The zero-order chi connectivity index (χ0) is 25.1. The number of ether oxygens (including phenoxy) is 2. The van der Waals surface area contributed by atoms with Crippen molar-refractivity contribution in [2.24, 2.45) is 0 Å². The summed E-state index contributed by atoms with van der Waals surface area (Å²) in [4.78, 5) is 9.51. The second-order valence-electron chi connectivity index (χ2n) is 5.61. The van der Waals surface area contributed by atoms with Gasteiger partial charge in [0.05, 0.1) is 7.11 Å². The van der Waals surface area contributed by atoms with Gasteiger partial charge in [-0.1, -0.05) is 11.8 Å². The van der Waals surface area contributed by atoms with E-state index in [0.717, 1.165) is 7.11 Å². The molecule has 0 aliphatic carbocycles. The number of methoxy groups -OCH3 is 1. The van der Waals surface area contributed by atoms with Gasteiger partial charge in [-0.3, -0.25) is 4.18 Å². The van der Waals surface area contributed by atoms with Gasteiger partial charge in [0.2, 0.25) is 11.6 Å². The maximum absolute atomic E-state index is 13.9. The van der Waals surface area contributed by atoms with Crippen molar-refractivity contribution in [1.29, 1.82) is 0 Å². The van der Waals surface area contributed by atoms with Gasteiger partial charge in [-0.2, -0.15) is 12.8 Å². The van der Waals surface area contributed by atoms with Gasteiger partial charge in [0.1, 0.15) is 12.2 Å². The van der Waals surface area contributed by atoms with E-state index in [1.54, 1.807) is 0 Å². The van der Waals surface area contributed by atoms with E-state index in [2.05, 4.69) is 13.7 Å². The van der Waals surface area contributed by atoms with Crippen LogP contribution in [0.1, 0.15) is 10.4 Å². The molecule has 0 aliphatic heterocycles. The summed E-state index contributed by atoms with van der Waals surface area (Å²) < 4.78 is 143. The molecule has 0 N–H and O–H groups in total. The van der Waals surface area contributed by atoms with E-state index in [1.807, 2.05) is 11.8 Å². The molecule has 0 fully saturated rings. The zero-order valence-corrected chi connectivity index (χ0v) is 16.7. The highest BCUT2D eigenvalue weighted by molar-refractivity contribution is 7.86. The Morgan fingerprint density at radius 1 is 0.818 bits per heavy atom. The van der Waals surface area contributed by atoms with E-state index in [1.165, 1.54) is 0 Å². The molecule has 0 heterocycles. The smallest absolute Gasteiger partial charge is 0.342 e. The number of halogens is 8. The largest absolute Gasteiger partial charge is 0.491 e. The fourth-order valence-corrected chi connectivity index (χ4v) is 3.11. The molecular formula is C18H8F8O6S. The minimum Gasteiger partial charge on any atom is -0.491 e. The summed E-state index contributed by atoms with van der Waals surface area (Å²) in [5, 5.41) is 0. The van der Waals surface area contributed by atoms with Crippen LogP contribution in [0.3, 0.4) is 0 Å². The lowest BCUT2D eigenvalue weighted by atomic mass is 10.2. The predicted molar refractivity (Wildman–Crippen MR) is 90.3 cm³/mol. The molecule has 0 radical (unpaired) electrons. The molecule has 0 saturated carbocycles. The minimum atomic E-state index is -5.50. The fourth-order valence-electron chi connectivity index (χ4n) is 2.16. The van der Waals surface area contributed by atoms with Crippen LogP contribution >= 0.6 is 0 Å². The number of rotatable bonds is 6. The summed E-state index contributed by atoms with van der Waals surface area (Å²) >= 11 is 0. The lowest BCUT2D eigenvalue weighted by Gasteiger charge is -2.08. The summed E-state index contributed by atoms with van der Waals surface area (Å²) in [6.07, 6.45) is 0. The average Bonchev–Trinajstić information content (AvgIpc) is 2.76. The third-order valence-electron chi connectivity index (χ3n) is 3.65. The predicted octanol–water partition coefficient (Wildman–Crippen LogP) is 3.37. The Morgan fingerprint density at radius 3 is 1.88 bits per heavy atom. The number of esters is 1. The van der Waals surface area contributed by atoms with Crippen molar-refractivity contribution >= 4 is 16.1 Å². The van der Waals surface area contributed by atoms with Crippen molar-refractivity contribution in [1.82, 2.24) is 0 Å². The van der Waals surface area contributed by atoms with E-state index >= 15 is 0 Å². The molecule has 2 rings (SSSR count). The SMILES string of the molecule is COc1c(F)c(F)cc(C(=O)OCC#CCOS(=O)(=O)c2c(F)c(F)c(F)c(F)c2F)c1F. The Hall–Kier alpha value is -3.38. The molecule has 15 heteroatoms. The highest BCUT2D eigenvalue weighted by Crippen LogP contribution is 2.28. The van der Waals surface area contributed by atoms with Gasteiger partial charge >= 0.3 is 16.1 Å². The average molecular weight is 504 g/mol. The Kier molecular flexibility index (Phi) is 7.88. The van der Waals surface area contributed by atoms with Crippen LogP contribution in [0.2, 0.25) is 0 Å². The molecule has 6 nitrogen and oxygen atoms in total. The number of benzene rings is 2. The topological polar surface area (TPSA) is 78.9 Å². The first-order valence-corrected chi connectivity index (χ1v) is 9.51. The van der Waals surface area contributed by atoms with Crippen molar-refractivity contribution in [2.75, 3.05) is 20.3 Å².